The molecule has 27 heavy (non-hydrogen) atoms. The molecule has 0 bridgehead atoms. The van der Waals surface area contributed by atoms with Crippen LogP contribution in [0.2, 0.25) is 5.02 Å². The molecule has 2 rings (SSSR count). The molecule has 10 heteroatoms. The van der Waals surface area contributed by atoms with E-state index in [1.165, 1.54) is 49.5 Å². The Kier molecular flexibility index (Phi) is 6.38. The SMILES string of the molecule is CN(Cc1ccccc1OC(F)(F)F)C(=O)CS(=O)(=O)c1ccc(Cl)cc1. The van der Waals surface area contributed by atoms with Crippen molar-refractivity contribution in [3.8, 4) is 5.75 Å². The lowest BCUT2D eigenvalue weighted by Gasteiger charge is -2.20. The summed E-state index contributed by atoms with van der Waals surface area (Å²) in [6, 6.07) is 10.6. The molecule has 0 saturated heterocycles. The van der Waals surface area contributed by atoms with Crippen LogP contribution in [0.3, 0.4) is 0 Å². The summed E-state index contributed by atoms with van der Waals surface area (Å²) in [5.41, 5.74) is 0.0922. The van der Waals surface area contributed by atoms with Crippen LogP contribution in [0, 0.1) is 0 Å². The minimum Gasteiger partial charge on any atom is -0.405 e. The van der Waals surface area contributed by atoms with Crippen LogP contribution in [0.5, 0.6) is 5.75 Å². The Morgan fingerprint density at radius 1 is 1.11 bits per heavy atom. The van der Waals surface area contributed by atoms with Gasteiger partial charge in [-0.1, -0.05) is 29.8 Å². The first-order chi connectivity index (χ1) is 12.5. The Morgan fingerprint density at radius 2 is 1.70 bits per heavy atom. The Morgan fingerprint density at radius 3 is 2.30 bits per heavy atom. The van der Waals surface area contributed by atoms with E-state index in [0.29, 0.717) is 5.02 Å². The van der Waals surface area contributed by atoms with Crippen LogP contribution < -0.4 is 4.74 Å². The summed E-state index contributed by atoms with van der Waals surface area (Å²) in [5.74, 6) is -2.05. The summed E-state index contributed by atoms with van der Waals surface area (Å²) >= 11 is 5.71. The first-order valence-electron chi connectivity index (χ1n) is 7.54. The average Bonchev–Trinajstić information content (AvgIpc) is 2.55. The number of hydrogen-bond acceptors (Lipinski definition) is 4. The molecule has 0 aliphatic heterocycles. The van der Waals surface area contributed by atoms with Crippen molar-refractivity contribution in [1.29, 1.82) is 0 Å². The number of nitrogens with zero attached hydrogens (tertiary/aromatic N) is 1. The molecule has 2 aromatic rings. The zero-order valence-electron chi connectivity index (χ0n) is 14.0. The highest BCUT2D eigenvalue weighted by Gasteiger charge is 2.32. The number of sulfone groups is 1. The van der Waals surface area contributed by atoms with Gasteiger partial charge >= 0.3 is 6.36 Å². The van der Waals surface area contributed by atoms with Gasteiger partial charge in [0.05, 0.1) is 4.90 Å². The maximum atomic E-state index is 12.5. The van der Waals surface area contributed by atoms with Crippen LogP contribution >= 0.6 is 11.6 Å². The minimum absolute atomic E-state index is 0.0746. The van der Waals surface area contributed by atoms with Gasteiger partial charge in [-0.05, 0) is 30.3 Å². The van der Waals surface area contributed by atoms with E-state index in [4.69, 9.17) is 11.6 Å². The summed E-state index contributed by atoms with van der Waals surface area (Å²) < 4.78 is 65.9. The van der Waals surface area contributed by atoms with Crippen LogP contribution in [0.1, 0.15) is 5.56 Å². The van der Waals surface area contributed by atoms with Gasteiger partial charge < -0.3 is 9.64 Å². The second-order valence-corrected chi connectivity index (χ2v) is 8.04. The summed E-state index contributed by atoms with van der Waals surface area (Å²) in [6.45, 7) is -0.249. The van der Waals surface area contributed by atoms with Gasteiger partial charge in [-0.3, -0.25) is 4.79 Å². The molecule has 0 aliphatic carbocycles. The Hall–Kier alpha value is -2.26. The molecule has 0 spiro atoms. The van der Waals surface area contributed by atoms with Crippen molar-refractivity contribution in [2.24, 2.45) is 0 Å². The molecule has 0 unspecified atom stereocenters. The van der Waals surface area contributed by atoms with Gasteiger partial charge in [0.25, 0.3) is 0 Å². The maximum Gasteiger partial charge on any atom is 0.573 e. The summed E-state index contributed by atoms with van der Waals surface area (Å²) in [4.78, 5) is 13.2. The molecule has 2 aromatic carbocycles. The Labute approximate surface area is 159 Å². The summed E-state index contributed by atoms with van der Waals surface area (Å²) in [7, 11) is -2.62. The number of hydrogen-bond donors (Lipinski definition) is 0. The summed E-state index contributed by atoms with van der Waals surface area (Å²) in [5, 5.41) is 0.346. The number of rotatable bonds is 6. The smallest absolute Gasteiger partial charge is 0.405 e. The predicted molar refractivity (Wildman–Crippen MR) is 93.1 cm³/mol. The van der Waals surface area contributed by atoms with Crippen molar-refractivity contribution >= 4 is 27.3 Å². The monoisotopic (exact) mass is 421 g/mol. The first-order valence-corrected chi connectivity index (χ1v) is 9.57. The van der Waals surface area contributed by atoms with E-state index in [0.717, 1.165) is 11.0 Å². The second-order valence-electron chi connectivity index (χ2n) is 5.62. The molecular formula is C17H15ClF3NO4S. The van der Waals surface area contributed by atoms with E-state index in [2.05, 4.69) is 4.74 Å². The fourth-order valence-electron chi connectivity index (χ4n) is 2.20. The lowest BCUT2D eigenvalue weighted by Crippen LogP contribution is -2.32. The van der Waals surface area contributed by atoms with Crippen LogP contribution in [0.25, 0.3) is 0 Å². The number of benzene rings is 2. The molecule has 5 nitrogen and oxygen atoms in total. The number of amides is 1. The van der Waals surface area contributed by atoms with Gasteiger partial charge in [-0.25, -0.2) is 8.42 Å². The molecule has 0 heterocycles. The number of para-hydroxylation sites is 1. The van der Waals surface area contributed by atoms with E-state index < -0.39 is 33.6 Å². The molecule has 0 aromatic heterocycles. The number of carbonyl (C=O) groups excluding carboxylic acids is 1. The first kappa shape index (κ1) is 21.0. The molecular weight excluding hydrogens is 407 g/mol. The summed E-state index contributed by atoms with van der Waals surface area (Å²) in [6.07, 6.45) is -4.88. The fraction of sp³-hybridized carbons (Fsp3) is 0.235. The van der Waals surface area contributed by atoms with Gasteiger partial charge in [0, 0.05) is 24.2 Å². The van der Waals surface area contributed by atoms with Gasteiger partial charge in [-0.15, -0.1) is 13.2 Å². The zero-order chi connectivity index (χ0) is 20.2. The number of carbonyl (C=O) groups is 1. The Balaban J connectivity index is 2.11. The lowest BCUT2D eigenvalue weighted by molar-refractivity contribution is -0.275. The van der Waals surface area contributed by atoms with Crippen LogP contribution in [-0.2, 0) is 21.2 Å². The lowest BCUT2D eigenvalue weighted by atomic mass is 10.2. The predicted octanol–water partition coefficient (Wildman–Crippen LogP) is 3.67. The van der Waals surface area contributed by atoms with Crippen molar-refractivity contribution < 1.29 is 31.1 Å². The highest BCUT2D eigenvalue weighted by atomic mass is 35.5. The van der Waals surface area contributed by atoms with E-state index in [1.807, 2.05) is 0 Å². The van der Waals surface area contributed by atoms with Crippen LogP contribution in [-0.4, -0.2) is 38.4 Å². The third-order valence-electron chi connectivity index (χ3n) is 3.52. The van der Waals surface area contributed by atoms with Crippen molar-refractivity contribution in [3.05, 3.63) is 59.1 Å². The molecule has 0 atom stereocenters. The standard InChI is InChI=1S/C17H15ClF3NO4S/c1-22(10-12-4-2-3-5-15(12)26-17(19,20)21)16(23)11-27(24,25)14-8-6-13(18)7-9-14/h2-9H,10-11H2,1H3. The van der Waals surface area contributed by atoms with Crippen molar-refractivity contribution in [3.63, 3.8) is 0 Å². The average molecular weight is 422 g/mol. The quantitative estimate of drug-likeness (QED) is 0.714. The van der Waals surface area contributed by atoms with Crippen LogP contribution in [0.15, 0.2) is 53.4 Å². The minimum atomic E-state index is -4.88. The molecule has 0 saturated carbocycles. The third kappa shape index (κ3) is 6.14. The number of alkyl halides is 3. The van der Waals surface area contributed by atoms with Crippen molar-refractivity contribution in [1.82, 2.24) is 4.90 Å². The number of ether oxygens (including phenoxy) is 1. The maximum absolute atomic E-state index is 12.5. The van der Waals surface area contributed by atoms with Gasteiger partial charge in [0.15, 0.2) is 9.84 Å². The fourth-order valence-corrected chi connectivity index (χ4v) is 3.59. The molecule has 1 amide bonds. The van der Waals surface area contributed by atoms with Crippen LogP contribution in [0.4, 0.5) is 13.2 Å². The molecule has 146 valence electrons. The Bertz CT molecular complexity index is 915. The topological polar surface area (TPSA) is 63.7 Å². The molecule has 0 radical (unpaired) electrons. The zero-order valence-corrected chi connectivity index (χ0v) is 15.6. The molecule has 0 N–H and O–H groups in total. The van der Waals surface area contributed by atoms with Crippen molar-refractivity contribution in [2.75, 3.05) is 12.8 Å². The second kappa shape index (κ2) is 8.18. The third-order valence-corrected chi connectivity index (χ3v) is 5.39. The normalized spacial score (nSPS) is 11.9. The van der Waals surface area contributed by atoms with E-state index >= 15 is 0 Å². The van der Waals surface area contributed by atoms with Gasteiger partial charge in [-0.2, -0.15) is 0 Å². The van der Waals surface area contributed by atoms with Crippen molar-refractivity contribution in [2.45, 2.75) is 17.8 Å². The highest BCUT2D eigenvalue weighted by Crippen LogP contribution is 2.27. The molecule has 0 aliphatic rings. The number of halogens is 4. The van der Waals surface area contributed by atoms with Gasteiger partial charge in [0.1, 0.15) is 11.5 Å². The van der Waals surface area contributed by atoms with E-state index in [-0.39, 0.29) is 17.0 Å². The highest BCUT2D eigenvalue weighted by molar-refractivity contribution is 7.92. The van der Waals surface area contributed by atoms with E-state index in [1.54, 1.807) is 0 Å². The van der Waals surface area contributed by atoms with Gasteiger partial charge in [0.2, 0.25) is 5.91 Å². The molecule has 0 fully saturated rings. The largest absolute Gasteiger partial charge is 0.573 e. The van der Waals surface area contributed by atoms with E-state index in [9.17, 15) is 26.4 Å².